The molecule has 2 aromatic carbocycles. The van der Waals surface area contributed by atoms with Crippen molar-refractivity contribution in [2.24, 2.45) is 5.92 Å². The average Bonchev–Trinajstić information content (AvgIpc) is 3.64. The number of rotatable bonds is 8. The number of aromatic nitrogens is 3. The SMILES string of the molecule is N#Cc1ccc(CN2CCC(NC(=O)c3ccc(C(=O)N4CCC(C(=O)c5ccc(-n6ccnc6)cc5)CC4)nc3)CC2)cc1. The second-order valence-corrected chi connectivity index (χ2v) is 11.7. The van der Waals surface area contributed by atoms with Crippen LogP contribution < -0.4 is 5.32 Å². The lowest BCUT2D eigenvalue weighted by Crippen LogP contribution is -2.44. The van der Waals surface area contributed by atoms with Gasteiger partial charge in [0, 0.05) is 74.5 Å². The molecule has 2 amide bonds. The van der Waals surface area contributed by atoms with Gasteiger partial charge in [-0.3, -0.25) is 24.3 Å². The Morgan fingerprint density at radius 3 is 2.20 bits per heavy atom. The van der Waals surface area contributed by atoms with E-state index >= 15 is 0 Å². The number of ketones is 1. The minimum Gasteiger partial charge on any atom is -0.349 e. The highest BCUT2D eigenvalue weighted by molar-refractivity contribution is 5.99. The molecule has 4 aromatic rings. The van der Waals surface area contributed by atoms with E-state index in [2.05, 4.69) is 26.3 Å². The normalized spacial score (nSPS) is 16.2. The first kappa shape index (κ1) is 29.9. The molecule has 0 unspecified atom stereocenters. The fourth-order valence-electron chi connectivity index (χ4n) is 6.05. The van der Waals surface area contributed by atoms with Gasteiger partial charge in [-0.15, -0.1) is 0 Å². The van der Waals surface area contributed by atoms with Crippen LogP contribution in [0, 0.1) is 17.2 Å². The summed E-state index contributed by atoms with van der Waals surface area (Å²) in [5.74, 6) is -0.406. The highest BCUT2D eigenvalue weighted by Crippen LogP contribution is 2.24. The molecule has 0 saturated carbocycles. The predicted octanol–water partition coefficient (Wildman–Crippen LogP) is 4.27. The molecule has 10 heteroatoms. The monoisotopic (exact) mass is 601 g/mol. The summed E-state index contributed by atoms with van der Waals surface area (Å²) in [4.78, 5) is 51.6. The lowest BCUT2D eigenvalue weighted by atomic mass is 9.88. The van der Waals surface area contributed by atoms with Crippen LogP contribution in [0.1, 0.15) is 68.0 Å². The van der Waals surface area contributed by atoms with Crippen LogP contribution >= 0.6 is 0 Å². The van der Waals surface area contributed by atoms with Crippen LogP contribution in [0.15, 0.2) is 85.6 Å². The van der Waals surface area contributed by atoms with Crippen molar-refractivity contribution in [2.45, 2.75) is 38.3 Å². The number of piperidine rings is 2. The van der Waals surface area contributed by atoms with Crippen LogP contribution in [0.4, 0.5) is 0 Å². The van der Waals surface area contributed by atoms with Gasteiger partial charge in [0.25, 0.3) is 11.8 Å². The molecule has 6 rings (SSSR count). The number of carbonyl (C=O) groups is 3. The van der Waals surface area contributed by atoms with Crippen LogP contribution in [-0.4, -0.2) is 74.2 Å². The summed E-state index contributed by atoms with van der Waals surface area (Å²) in [6.45, 7) is 3.53. The molecule has 2 aromatic heterocycles. The Balaban J connectivity index is 0.947. The maximum atomic E-state index is 13.1. The average molecular weight is 602 g/mol. The van der Waals surface area contributed by atoms with Crippen molar-refractivity contribution >= 4 is 17.6 Å². The summed E-state index contributed by atoms with van der Waals surface area (Å²) in [7, 11) is 0. The first-order valence-corrected chi connectivity index (χ1v) is 15.4. The maximum Gasteiger partial charge on any atom is 0.272 e. The third-order valence-corrected chi connectivity index (χ3v) is 8.76. The second kappa shape index (κ2) is 13.7. The summed E-state index contributed by atoms with van der Waals surface area (Å²) < 4.78 is 1.89. The van der Waals surface area contributed by atoms with E-state index in [0.717, 1.165) is 38.2 Å². The molecule has 2 aliphatic heterocycles. The molecular weight excluding hydrogens is 566 g/mol. The molecule has 45 heavy (non-hydrogen) atoms. The zero-order chi connectivity index (χ0) is 31.2. The van der Waals surface area contributed by atoms with Crippen molar-refractivity contribution < 1.29 is 14.4 Å². The highest BCUT2D eigenvalue weighted by Gasteiger charge is 2.29. The standard InChI is InChI=1S/C35H35N7O3/c36-21-25-1-3-26(4-2-25)23-40-16-13-30(14-17-40)39-34(44)29-7-10-32(38-22-29)35(45)41-18-11-28(12-19-41)33(43)27-5-8-31(9-6-27)42-20-15-37-24-42/h1-10,15,20,22,24,28,30H,11-14,16-19,23H2,(H,39,44). The molecule has 10 nitrogen and oxygen atoms in total. The van der Waals surface area contributed by atoms with E-state index in [1.807, 2.05) is 59.3 Å². The largest absolute Gasteiger partial charge is 0.349 e. The van der Waals surface area contributed by atoms with Crippen molar-refractivity contribution in [2.75, 3.05) is 26.2 Å². The lowest BCUT2D eigenvalue weighted by Gasteiger charge is -2.32. The summed E-state index contributed by atoms with van der Waals surface area (Å²) >= 11 is 0. The molecule has 0 bridgehead atoms. The van der Waals surface area contributed by atoms with E-state index in [0.29, 0.717) is 48.3 Å². The fraction of sp³-hybridized carbons (Fsp3) is 0.314. The van der Waals surface area contributed by atoms with Gasteiger partial charge in [-0.2, -0.15) is 5.26 Å². The van der Waals surface area contributed by atoms with Gasteiger partial charge >= 0.3 is 0 Å². The fourth-order valence-corrected chi connectivity index (χ4v) is 6.05. The molecule has 2 fully saturated rings. The number of benzene rings is 2. The number of pyridine rings is 1. The summed E-state index contributed by atoms with van der Waals surface area (Å²) in [6.07, 6.45) is 9.64. The first-order valence-electron chi connectivity index (χ1n) is 15.4. The molecule has 4 heterocycles. The number of likely N-dealkylation sites (tertiary alicyclic amines) is 2. The number of nitrogens with zero attached hydrogens (tertiary/aromatic N) is 6. The Morgan fingerprint density at radius 1 is 0.867 bits per heavy atom. The summed E-state index contributed by atoms with van der Waals surface area (Å²) in [5, 5.41) is 12.1. The van der Waals surface area contributed by atoms with E-state index in [4.69, 9.17) is 5.26 Å². The van der Waals surface area contributed by atoms with E-state index in [1.165, 1.54) is 11.8 Å². The molecule has 2 saturated heterocycles. The van der Waals surface area contributed by atoms with Crippen molar-refractivity contribution in [3.05, 3.63) is 114 Å². The van der Waals surface area contributed by atoms with Gasteiger partial charge in [0.15, 0.2) is 5.78 Å². The third-order valence-electron chi connectivity index (χ3n) is 8.76. The molecule has 0 radical (unpaired) electrons. The van der Waals surface area contributed by atoms with Crippen molar-refractivity contribution in [1.29, 1.82) is 5.26 Å². The van der Waals surface area contributed by atoms with E-state index < -0.39 is 0 Å². The summed E-state index contributed by atoms with van der Waals surface area (Å²) in [5.41, 5.74) is 4.16. The van der Waals surface area contributed by atoms with Gasteiger partial charge in [-0.25, -0.2) is 4.98 Å². The number of Topliss-reactive ketones (excluding diaryl/α,β-unsaturated/α-hetero) is 1. The van der Waals surface area contributed by atoms with Gasteiger partial charge in [0.1, 0.15) is 5.69 Å². The number of nitrogens with one attached hydrogen (secondary N) is 1. The van der Waals surface area contributed by atoms with Gasteiger partial charge < -0.3 is 14.8 Å². The number of amides is 2. The number of hydrogen-bond donors (Lipinski definition) is 1. The number of hydrogen-bond acceptors (Lipinski definition) is 7. The smallest absolute Gasteiger partial charge is 0.272 e. The Hall–Kier alpha value is -5.14. The van der Waals surface area contributed by atoms with E-state index in [1.54, 1.807) is 29.6 Å². The quantitative estimate of drug-likeness (QED) is 0.299. The number of carbonyl (C=O) groups excluding carboxylic acids is 3. The van der Waals surface area contributed by atoms with E-state index in [9.17, 15) is 14.4 Å². The van der Waals surface area contributed by atoms with Crippen molar-refractivity contribution in [1.82, 2.24) is 29.7 Å². The molecule has 228 valence electrons. The van der Waals surface area contributed by atoms with Crippen LogP contribution in [0.5, 0.6) is 0 Å². The van der Waals surface area contributed by atoms with Gasteiger partial charge in [-0.1, -0.05) is 12.1 Å². The lowest BCUT2D eigenvalue weighted by molar-refractivity contribution is 0.0645. The van der Waals surface area contributed by atoms with Crippen LogP contribution in [0.25, 0.3) is 5.69 Å². The Labute approximate surface area is 262 Å². The Kier molecular flexibility index (Phi) is 9.08. The molecule has 0 atom stereocenters. The topological polar surface area (TPSA) is 124 Å². The molecule has 0 spiro atoms. The van der Waals surface area contributed by atoms with Crippen molar-refractivity contribution in [3.8, 4) is 11.8 Å². The number of nitriles is 1. The third kappa shape index (κ3) is 7.16. The van der Waals surface area contributed by atoms with E-state index in [-0.39, 0.29) is 29.6 Å². The minimum atomic E-state index is -0.190. The minimum absolute atomic E-state index is 0.0784. The highest BCUT2D eigenvalue weighted by atomic mass is 16.2. The van der Waals surface area contributed by atoms with Crippen LogP contribution in [0.3, 0.4) is 0 Å². The second-order valence-electron chi connectivity index (χ2n) is 11.7. The van der Waals surface area contributed by atoms with Gasteiger partial charge in [0.2, 0.25) is 0 Å². The summed E-state index contributed by atoms with van der Waals surface area (Å²) in [6, 6.07) is 20.6. The van der Waals surface area contributed by atoms with Gasteiger partial charge in [0.05, 0.1) is 23.5 Å². The van der Waals surface area contributed by atoms with Crippen LogP contribution in [0.2, 0.25) is 0 Å². The maximum absolute atomic E-state index is 13.1. The van der Waals surface area contributed by atoms with Gasteiger partial charge in [-0.05, 0) is 79.8 Å². The predicted molar refractivity (Wildman–Crippen MR) is 168 cm³/mol. The van der Waals surface area contributed by atoms with Crippen molar-refractivity contribution in [3.63, 3.8) is 0 Å². The van der Waals surface area contributed by atoms with Crippen LogP contribution in [-0.2, 0) is 6.54 Å². The molecule has 1 N–H and O–H groups in total. The first-order chi connectivity index (χ1) is 22.0. The molecular formula is C35H35N7O3. The Bertz CT molecular complexity index is 1660. The Morgan fingerprint density at radius 2 is 1.58 bits per heavy atom. The zero-order valence-electron chi connectivity index (χ0n) is 25.0. The molecule has 0 aliphatic carbocycles. The molecule has 2 aliphatic rings. The zero-order valence-corrected chi connectivity index (χ0v) is 25.0. The number of imidazole rings is 1.